The van der Waals surface area contributed by atoms with Crippen LogP contribution < -0.4 is 24.8 Å². The summed E-state index contributed by atoms with van der Waals surface area (Å²) in [6, 6.07) is 13.9. The molecule has 0 unspecified atom stereocenters. The molecule has 0 saturated heterocycles. The number of allylic oxidation sites excluding steroid dienone is 1. The molecule has 0 fully saturated rings. The number of hydrogen-bond donors (Lipinski definition) is 1. The van der Waals surface area contributed by atoms with E-state index in [2.05, 4.69) is 30.9 Å². The molecule has 0 saturated carbocycles. The van der Waals surface area contributed by atoms with E-state index < -0.39 is 0 Å². The number of rotatable bonds is 6. The van der Waals surface area contributed by atoms with Crippen molar-refractivity contribution in [3.63, 3.8) is 0 Å². The lowest BCUT2D eigenvalue weighted by Gasteiger charge is -2.29. The number of nitrogens with zero attached hydrogens (tertiary/aromatic N) is 2. The van der Waals surface area contributed by atoms with Gasteiger partial charge in [0.2, 0.25) is 5.88 Å². The number of nitriles is 1. The monoisotopic (exact) mass is 379 g/mol. The molecule has 0 amide bonds. The van der Waals surface area contributed by atoms with Crippen LogP contribution >= 0.6 is 0 Å². The van der Waals surface area contributed by atoms with Crippen molar-refractivity contribution < 1.29 is 14.2 Å². The first-order valence-corrected chi connectivity index (χ1v) is 9.26. The summed E-state index contributed by atoms with van der Waals surface area (Å²) in [5.74, 6) is 1.70. The van der Waals surface area contributed by atoms with E-state index in [1.807, 2.05) is 30.3 Å². The maximum Gasteiger partial charge on any atom is 0.205 e. The Morgan fingerprint density at radius 1 is 1.07 bits per heavy atom. The number of ether oxygens (including phenoxy) is 3. The van der Waals surface area contributed by atoms with Crippen molar-refractivity contribution in [2.45, 2.75) is 19.8 Å². The molecule has 0 spiro atoms. The Labute approximate surface area is 165 Å². The molecule has 1 heterocycles. The van der Waals surface area contributed by atoms with E-state index >= 15 is 0 Å². The van der Waals surface area contributed by atoms with Gasteiger partial charge < -0.3 is 24.8 Å². The van der Waals surface area contributed by atoms with Crippen molar-refractivity contribution in [2.75, 3.05) is 32.2 Å². The van der Waals surface area contributed by atoms with Crippen LogP contribution in [-0.4, -0.2) is 27.3 Å². The Morgan fingerprint density at radius 3 is 2.39 bits per heavy atom. The molecule has 1 aliphatic heterocycles. The summed E-state index contributed by atoms with van der Waals surface area (Å²) < 4.78 is 16.6. The van der Waals surface area contributed by atoms with Gasteiger partial charge in [-0.1, -0.05) is 12.1 Å². The van der Waals surface area contributed by atoms with Crippen LogP contribution in [0.5, 0.6) is 17.2 Å². The summed E-state index contributed by atoms with van der Waals surface area (Å²) in [5, 5.41) is 9.73. The van der Waals surface area contributed by atoms with Gasteiger partial charge in [0.05, 0.1) is 20.1 Å². The second-order valence-electron chi connectivity index (χ2n) is 6.43. The number of methoxy groups -OCH3 is 2. The molecular formula is C22H25N3O3. The molecule has 0 bridgehead atoms. The Morgan fingerprint density at radius 2 is 1.79 bits per heavy atom. The van der Waals surface area contributed by atoms with Crippen molar-refractivity contribution in [1.82, 2.24) is 0 Å². The average Bonchev–Trinajstić information content (AvgIpc) is 2.73. The van der Waals surface area contributed by atoms with Gasteiger partial charge in [-0.05, 0) is 37.6 Å². The molecule has 146 valence electrons. The summed E-state index contributed by atoms with van der Waals surface area (Å²) in [6.07, 6.45) is 0. The van der Waals surface area contributed by atoms with E-state index in [0.717, 1.165) is 29.9 Å². The number of hydrogen-bond acceptors (Lipinski definition) is 6. The lowest BCUT2D eigenvalue weighted by atomic mass is 9.83. The van der Waals surface area contributed by atoms with Crippen LogP contribution in [0.1, 0.15) is 30.9 Å². The third kappa shape index (κ3) is 3.31. The fourth-order valence-electron chi connectivity index (χ4n) is 3.60. The maximum atomic E-state index is 9.73. The first kappa shape index (κ1) is 19.4. The highest BCUT2D eigenvalue weighted by molar-refractivity contribution is 5.62. The minimum Gasteiger partial charge on any atom is -0.493 e. The van der Waals surface area contributed by atoms with Crippen LogP contribution in [0.15, 0.2) is 47.9 Å². The quantitative estimate of drug-likeness (QED) is 0.823. The average molecular weight is 379 g/mol. The third-order valence-corrected chi connectivity index (χ3v) is 5.07. The van der Waals surface area contributed by atoms with Crippen LogP contribution in [0, 0.1) is 11.3 Å². The van der Waals surface area contributed by atoms with Crippen molar-refractivity contribution in [3.05, 3.63) is 59.0 Å². The van der Waals surface area contributed by atoms with Gasteiger partial charge in [-0.3, -0.25) is 0 Å². The first-order chi connectivity index (χ1) is 13.6. The molecule has 3 rings (SSSR count). The summed E-state index contributed by atoms with van der Waals surface area (Å²) in [6.45, 7) is 6.00. The van der Waals surface area contributed by atoms with Gasteiger partial charge >= 0.3 is 0 Å². The predicted molar refractivity (Wildman–Crippen MR) is 109 cm³/mol. The van der Waals surface area contributed by atoms with Crippen LogP contribution in [-0.2, 0) is 0 Å². The van der Waals surface area contributed by atoms with E-state index in [1.54, 1.807) is 14.2 Å². The lowest BCUT2D eigenvalue weighted by molar-refractivity contribution is 0.354. The van der Waals surface area contributed by atoms with Crippen molar-refractivity contribution in [3.8, 4) is 23.3 Å². The van der Waals surface area contributed by atoms with E-state index in [9.17, 15) is 5.26 Å². The number of fused-ring (bicyclic) bond motifs is 1. The number of benzene rings is 2. The van der Waals surface area contributed by atoms with Crippen LogP contribution in [0.4, 0.5) is 5.69 Å². The fourth-order valence-corrected chi connectivity index (χ4v) is 3.60. The molecule has 28 heavy (non-hydrogen) atoms. The van der Waals surface area contributed by atoms with Gasteiger partial charge in [-0.2, -0.15) is 5.26 Å². The van der Waals surface area contributed by atoms with Gasteiger partial charge in [-0.15, -0.1) is 0 Å². The summed E-state index contributed by atoms with van der Waals surface area (Å²) in [4.78, 5) is 2.23. The minimum absolute atomic E-state index is 0.131. The molecule has 1 atom stereocenters. The molecule has 2 aromatic rings. The van der Waals surface area contributed by atoms with Gasteiger partial charge in [0.25, 0.3) is 0 Å². The van der Waals surface area contributed by atoms with E-state index in [4.69, 9.17) is 19.9 Å². The highest BCUT2D eigenvalue weighted by Crippen LogP contribution is 2.45. The Hall–Kier alpha value is -3.33. The third-order valence-electron chi connectivity index (χ3n) is 5.07. The highest BCUT2D eigenvalue weighted by atomic mass is 16.5. The van der Waals surface area contributed by atoms with Crippen molar-refractivity contribution in [1.29, 1.82) is 5.26 Å². The van der Waals surface area contributed by atoms with Crippen LogP contribution in [0.25, 0.3) is 0 Å². The molecule has 1 aliphatic rings. The molecular weight excluding hydrogens is 354 g/mol. The van der Waals surface area contributed by atoms with Gasteiger partial charge in [-0.25, -0.2) is 0 Å². The summed E-state index contributed by atoms with van der Waals surface area (Å²) in [7, 11) is 3.18. The second kappa shape index (κ2) is 8.13. The zero-order chi connectivity index (χ0) is 20.3. The Balaban J connectivity index is 2.15. The normalized spacial score (nSPS) is 15.3. The highest BCUT2D eigenvalue weighted by Gasteiger charge is 2.31. The SMILES string of the molecule is CCN(CC)c1ccc2c(c1)OC(N)=C(C#N)[C@@H]2c1ccc(OC)c(OC)c1. The molecule has 0 aromatic heterocycles. The van der Waals surface area contributed by atoms with E-state index in [0.29, 0.717) is 22.8 Å². The minimum atomic E-state index is -0.334. The standard InChI is InChI=1S/C22H25N3O3/c1-5-25(6-2)15-8-9-16-19(12-15)28-22(24)17(13-23)21(16)14-7-10-18(26-3)20(11-14)27-4/h7-12,21H,5-6,24H2,1-4H3/t21-/m1/s1. The lowest BCUT2D eigenvalue weighted by Crippen LogP contribution is -2.24. The van der Waals surface area contributed by atoms with Crippen molar-refractivity contribution >= 4 is 5.69 Å². The molecule has 6 nitrogen and oxygen atoms in total. The molecule has 2 aromatic carbocycles. The number of anilines is 1. The topological polar surface area (TPSA) is 80.7 Å². The largest absolute Gasteiger partial charge is 0.493 e. The Bertz CT molecular complexity index is 943. The zero-order valence-corrected chi connectivity index (χ0v) is 16.7. The smallest absolute Gasteiger partial charge is 0.205 e. The van der Waals surface area contributed by atoms with E-state index in [-0.39, 0.29) is 11.8 Å². The predicted octanol–water partition coefficient (Wildman–Crippen LogP) is 3.77. The summed E-state index contributed by atoms with van der Waals surface area (Å²) in [5.41, 5.74) is 9.34. The summed E-state index contributed by atoms with van der Waals surface area (Å²) >= 11 is 0. The fraction of sp³-hybridized carbons (Fsp3) is 0.318. The Kier molecular flexibility index (Phi) is 5.65. The number of nitrogens with two attached hydrogens (primary N) is 1. The van der Waals surface area contributed by atoms with Crippen molar-refractivity contribution in [2.24, 2.45) is 5.73 Å². The zero-order valence-electron chi connectivity index (χ0n) is 16.7. The van der Waals surface area contributed by atoms with Gasteiger partial charge in [0.1, 0.15) is 17.4 Å². The van der Waals surface area contributed by atoms with Gasteiger partial charge in [0, 0.05) is 30.4 Å². The first-order valence-electron chi connectivity index (χ1n) is 9.26. The van der Waals surface area contributed by atoms with Gasteiger partial charge in [0.15, 0.2) is 11.5 Å². The molecule has 0 aliphatic carbocycles. The van der Waals surface area contributed by atoms with Crippen LogP contribution in [0.2, 0.25) is 0 Å². The van der Waals surface area contributed by atoms with E-state index in [1.165, 1.54) is 0 Å². The van der Waals surface area contributed by atoms with Crippen LogP contribution in [0.3, 0.4) is 0 Å². The molecule has 2 N–H and O–H groups in total. The second-order valence-corrected chi connectivity index (χ2v) is 6.43. The maximum absolute atomic E-state index is 9.73. The molecule has 0 radical (unpaired) electrons. The molecule has 6 heteroatoms.